The highest BCUT2D eigenvalue weighted by Gasteiger charge is 2.11. The van der Waals surface area contributed by atoms with E-state index in [1.807, 2.05) is 6.92 Å². The minimum Gasteiger partial charge on any atom is -0.456 e. The molecule has 0 aliphatic rings. The minimum atomic E-state index is -0.562. The molecule has 0 unspecified atom stereocenters. The number of nitrogens with one attached hydrogen (secondary N) is 2. The average Bonchev–Trinajstić information content (AvgIpc) is 3.01. The lowest BCUT2D eigenvalue weighted by Gasteiger charge is -2.07. The Morgan fingerprint density at radius 3 is 2.56 bits per heavy atom. The second-order valence-electron chi connectivity index (χ2n) is 5.90. The van der Waals surface area contributed by atoms with Crippen LogP contribution in [0, 0.1) is 13.8 Å². The number of carbonyl (C=O) groups excluding carboxylic acids is 3. The molecule has 0 bridgehead atoms. The standard InChI is InChI=1S/C18H20ClN3O5/c1-11-6-7-13(9-14(11)19)20-16(23)4-3-5-18(25)26-10-17(24)21-15-8-12(2)27-22-15/h6-9H,3-5,10H2,1-2H3,(H,20,23)(H,21,22,24). The first-order chi connectivity index (χ1) is 12.8. The topological polar surface area (TPSA) is 111 Å². The average molecular weight is 394 g/mol. The molecule has 0 aliphatic heterocycles. The molecule has 1 aromatic carbocycles. The fourth-order valence-electron chi connectivity index (χ4n) is 2.11. The van der Waals surface area contributed by atoms with Crippen molar-refractivity contribution in [2.24, 2.45) is 0 Å². The summed E-state index contributed by atoms with van der Waals surface area (Å²) < 4.78 is 9.66. The maximum absolute atomic E-state index is 11.9. The van der Waals surface area contributed by atoms with Crippen molar-refractivity contribution in [3.05, 3.63) is 40.6 Å². The number of halogens is 1. The van der Waals surface area contributed by atoms with Crippen molar-refractivity contribution in [1.29, 1.82) is 0 Å². The number of aromatic nitrogens is 1. The number of benzene rings is 1. The molecule has 2 rings (SSSR count). The zero-order valence-corrected chi connectivity index (χ0v) is 15.8. The van der Waals surface area contributed by atoms with Gasteiger partial charge in [0.1, 0.15) is 5.76 Å². The van der Waals surface area contributed by atoms with Gasteiger partial charge in [-0.2, -0.15) is 0 Å². The summed E-state index contributed by atoms with van der Waals surface area (Å²) in [5.41, 5.74) is 1.51. The summed E-state index contributed by atoms with van der Waals surface area (Å²) in [7, 11) is 0. The normalized spacial score (nSPS) is 10.3. The van der Waals surface area contributed by atoms with E-state index < -0.39 is 18.5 Å². The highest BCUT2D eigenvalue weighted by Crippen LogP contribution is 2.20. The number of esters is 1. The predicted molar refractivity (Wildman–Crippen MR) is 99.5 cm³/mol. The van der Waals surface area contributed by atoms with E-state index >= 15 is 0 Å². The van der Waals surface area contributed by atoms with Crippen LogP contribution in [0.4, 0.5) is 11.5 Å². The van der Waals surface area contributed by atoms with Gasteiger partial charge < -0.3 is 19.9 Å². The van der Waals surface area contributed by atoms with E-state index in [9.17, 15) is 14.4 Å². The van der Waals surface area contributed by atoms with Crippen LogP contribution in [0.1, 0.15) is 30.6 Å². The van der Waals surface area contributed by atoms with Gasteiger partial charge in [-0.15, -0.1) is 0 Å². The number of hydrogen-bond donors (Lipinski definition) is 2. The number of hydrogen-bond acceptors (Lipinski definition) is 6. The molecule has 0 radical (unpaired) electrons. The Labute approximate surface area is 161 Å². The molecule has 0 saturated heterocycles. The van der Waals surface area contributed by atoms with Crippen molar-refractivity contribution < 1.29 is 23.6 Å². The van der Waals surface area contributed by atoms with E-state index in [0.29, 0.717) is 22.9 Å². The van der Waals surface area contributed by atoms with Gasteiger partial charge in [0.05, 0.1) is 0 Å². The van der Waals surface area contributed by atoms with E-state index in [4.69, 9.17) is 20.9 Å². The van der Waals surface area contributed by atoms with Crippen LogP contribution in [0.25, 0.3) is 0 Å². The molecule has 27 heavy (non-hydrogen) atoms. The molecule has 2 N–H and O–H groups in total. The molecule has 0 aliphatic carbocycles. The molecule has 0 atom stereocenters. The monoisotopic (exact) mass is 393 g/mol. The Morgan fingerprint density at radius 2 is 1.89 bits per heavy atom. The van der Waals surface area contributed by atoms with Crippen LogP contribution in [-0.2, 0) is 19.1 Å². The molecule has 0 saturated carbocycles. The lowest BCUT2D eigenvalue weighted by molar-refractivity contribution is -0.147. The molecule has 2 aromatic rings. The fraction of sp³-hybridized carbons (Fsp3) is 0.333. The molecule has 144 valence electrons. The zero-order chi connectivity index (χ0) is 19.8. The molecule has 0 fully saturated rings. The SMILES string of the molecule is Cc1cc(NC(=O)COC(=O)CCCC(=O)Nc2ccc(C)c(Cl)c2)no1. The molecule has 2 amide bonds. The second kappa shape index (κ2) is 9.72. The first kappa shape index (κ1) is 20.4. The van der Waals surface area contributed by atoms with Crippen molar-refractivity contribution in [2.45, 2.75) is 33.1 Å². The third kappa shape index (κ3) is 7.10. The molecular weight excluding hydrogens is 374 g/mol. The summed E-state index contributed by atoms with van der Waals surface area (Å²) in [6.07, 6.45) is 0.470. The maximum atomic E-state index is 11.9. The van der Waals surface area contributed by atoms with Gasteiger partial charge in [0.2, 0.25) is 5.91 Å². The number of ether oxygens (including phenoxy) is 1. The Kier molecular flexibility index (Phi) is 7.36. The molecule has 8 nitrogen and oxygen atoms in total. The molecule has 9 heteroatoms. The molecule has 1 heterocycles. The summed E-state index contributed by atoms with van der Waals surface area (Å²) in [6.45, 7) is 3.12. The Hall–Kier alpha value is -2.87. The quantitative estimate of drug-likeness (QED) is 0.666. The zero-order valence-electron chi connectivity index (χ0n) is 15.0. The minimum absolute atomic E-state index is 0.0262. The van der Waals surface area contributed by atoms with E-state index in [-0.39, 0.29) is 24.6 Å². The van der Waals surface area contributed by atoms with Crippen LogP contribution < -0.4 is 10.6 Å². The smallest absolute Gasteiger partial charge is 0.306 e. The number of carbonyl (C=O) groups is 3. The van der Waals surface area contributed by atoms with Crippen LogP contribution >= 0.6 is 11.6 Å². The van der Waals surface area contributed by atoms with Crippen LogP contribution in [-0.4, -0.2) is 29.5 Å². The van der Waals surface area contributed by atoms with Gasteiger partial charge in [0.15, 0.2) is 12.4 Å². The van der Waals surface area contributed by atoms with Crippen molar-refractivity contribution in [2.75, 3.05) is 17.2 Å². The van der Waals surface area contributed by atoms with Crippen LogP contribution in [0.2, 0.25) is 5.02 Å². The van der Waals surface area contributed by atoms with Gasteiger partial charge in [-0.3, -0.25) is 14.4 Å². The maximum Gasteiger partial charge on any atom is 0.306 e. The third-order valence-electron chi connectivity index (χ3n) is 3.50. The largest absolute Gasteiger partial charge is 0.456 e. The molecule has 1 aromatic heterocycles. The molecular formula is C18H20ClN3O5. The third-order valence-corrected chi connectivity index (χ3v) is 3.91. The van der Waals surface area contributed by atoms with Crippen LogP contribution in [0.15, 0.2) is 28.8 Å². The van der Waals surface area contributed by atoms with Crippen LogP contribution in [0.5, 0.6) is 0 Å². The van der Waals surface area contributed by atoms with Gasteiger partial charge in [-0.25, -0.2) is 0 Å². The number of amides is 2. The lowest BCUT2D eigenvalue weighted by Crippen LogP contribution is -2.21. The number of aryl methyl sites for hydroxylation is 2. The summed E-state index contributed by atoms with van der Waals surface area (Å²) in [4.78, 5) is 35.1. The summed E-state index contributed by atoms with van der Waals surface area (Å²) in [6, 6.07) is 6.76. The van der Waals surface area contributed by atoms with E-state index in [1.54, 1.807) is 31.2 Å². The Bertz CT molecular complexity index is 834. The van der Waals surface area contributed by atoms with Crippen molar-refractivity contribution >= 4 is 40.9 Å². The van der Waals surface area contributed by atoms with Gasteiger partial charge in [0.25, 0.3) is 5.91 Å². The van der Waals surface area contributed by atoms with Crippen molar-refractivity contribution in [3.8, 4) is 0 Å². The highest BCUT2D eigenvalue weighted by molar-refractivity contribution is 6.31. The van der Waals surface area contributed by atoms with Gasteiger partial charge in [-0.1, -0.05) is 22.8 Å². The lowest BCUT2D eigenvalue weighted by atomic mass is 10.2. The van der Waals surface area contributed by atoms with Gasteiger partial charge >= 0.3 is 5.97 Å². The van der Waals surface area contributed by atoms with E-state index in [0.717, 1.165) is 5.56 Å². The van der Waals surface area contributed by atoms with Gasteiger partial charge in [-0.05, 0) is 38.0 Å². The number of rotatable bonds is 8. The Balaban J connectivity index is 1.62. The summed E-state index contributed by atoms with van der Waals surface area (Å²) in [5, 5.41) is 9.30. The van der Waals surface area contributed by atoms with E-state index in [2.05, 4.69) is 15.8 Å². The van der Waals surface area contributed by atoms with Gasteiger partial charge in [0, 0.05) is 29.6 Å². The first-order valence-electron chi connectivity index (χ1n) is 8.28. The Morgan fingerprint density at radius 1 is 1.11 bits per heavy atom. The van der Waals surface area contributed by atoms with E-state index in [1.165, 1.54) is 0 Å². The highest BCUT2D eigenvalue weighted by atomic mass is 35.5. The van der Waals surface area contributed by atoms with Crippen LogP contribution in [0.3, 0.4) is 0 Å². The van der Waals surface area contributed by atoms with Crippen molar-refractivity contribution in [1.82, 2.24) is 5.16 Å². The second-order valence-corrected chi connectivity index (χ2v) is 6.30. The molecule has 0 spiro atoms. The predicted octanol–water partition coefficient (Wildman–Crippen LogP) is 3.24. The number of anilines is 2. The number of nitrogens with zero attached hydrogens (tertiary/aromatic N) is 1. The van der Waals surface area contributed by atoms with Crippen molar-refractivity contribution in [3.63, 3.8) is 0 Å². The summed E-state index contributed by atoms with van der Waals surface area (Å²) in [5.74, 6) is -0.518. The summed E-state index contributed by atoms with van der Waals surface area (Å²) >= 11 is 6.00. The first-order valence-corrected chi connectivity index (χ1v) is 8.66. The fourth-order valence-corrected chi connectivity index (χ4v) is 2.29.